The SMILES string of the molecule is Cc1cc(C2CC2CNC(C)C)c(C)s1. The minimum atomic E-state index is 0.622. The van der Waals surface area contributed by atoms with Gasteiger partial charge in [-0.15, -0.1) is 11.3 Å². The lowest BCUT2D eigenvalue weighted by Crippen LogP contribution is -2.25. The maximum Gasteiger partial charge on any atom is 0.00519 e. The van der Waals surface area contributed by atoms with E-state index in [1.807, 2.05) is 11.3 Å². The van der Waals surface area contributed by atoms with Crippen molar-refractivity contribution in [2.24, 2.45) is 5.92 Å². The van der Waals surface area contributed by atoms with Crippen molar-refractivity contribution in [1.82, 2.24) is 5.32 Å². The summed E-state index contributed by atoms with van der Waals surface area (Å²) in [6.07, 6.45) is 1.39. The number of nitrogens with one attached hydrogen (secondary N) is 1. The van der Waals surface area contributed by atoms with Gasteiger partial charge >= 0.3 is 0 Å². The van der Waals surface area contributed by atoms with Gasteiger partial charge in [-0.3, -0.25) is 0 Å². The summed E-state index contributed by atoms with van der Waals surface area (Å²) in [5.74, 6) is 1.74. The van der Waals surface area contributed by atoms with E-state index < -0.39 is 0 Å². The van der Waals surface area contributed by atoms with E-state index in [2.05, 4.69) is 39.1 Å². The minimum absolute atomic E-state index is 0.622. The second kappa shape index (κ2) is 4.26. The first-order chi connectivity index (χ1) is 7.08. The van der Waals surface area contributed by atoms with Gasteiger partial charge in [0.25, 0.3) is 0 Å². The molecule has 2 atom stereocenters. The molecule has 1 aliphatic rings. The summed E-state index contributed by atoms with van der Waals surface area (Å²) >= 11 is 1.94. The van der Waals surface area contributed by atoms with Crippen LogP contribution >= 0.6 is 11.3 Å². The van der Waals surface area contributed by atoms with E-state index in [0.717, 1.165) is 11.8 Å². The van der Waals surface area contributed by atoms with Crippen molar-refractivity contribution in [3.05, 3.63) is 21.4 Å². The standard InChI is InChI=1S/C13H21NS/c1-8(2)14-7-11-6-13(11)12-5-9(3)15-10(12)4/h5,8,11,13-14H,6-7H2,1-4H3. The van der Waals surface area contributed by atoms with Gasteiger partial charge in [0.2, 0.25) is 0 Å². The van der Waals surface area contributed by atoms with Crippen molar-refractivity contribution < 1.29 is 0 Å². The molecule has 1 saturated carbocycles. The van der Waals surface area contributed by atoms with Crippen molar-refractivity contribution in [2.75, 3.05) is 6.54 Å². The lowest BCUT2D eigenvalue weighted by Gasteiger charge is -2.06. The molecule has 15 heavy (non-hydrogen) atoms. The van der Waals surface area contributed by atoms with Crippen molar-refractivity contribution in [1.29, 1.82) is 0 Å². The van der Waals surface area contributed by atoms with Crippen LogP contribution in [0.15, 0.2) is 6.07 Å². The monoisotopic (exact) mass is 223 g/mol. The Morgan fingerprint density at radius 3 is 2.73 bits per heavy atom. The van der Waals surface area contributed by atoms with Gasteiger partial charge in [-0.2, -0.15) is 0 Å². The second-order valence-electron chi connectivity index (χ2n) is 5.03. The van der Waals surface area contributed by atoms with E-state index in [9.17, 15) is 0 Å². The highest BCUT2D eigenvalue weighted by Crippen LogP contribution is 2.49. The predicted molar refractivity (Wildman–Crippen MR) is 67.8 cm³/mol. The van der Waals surface area contributed by atoms with Gasteiger partial charge in [-0.05, 0) is 50.3 Å². The van der Waals surface area contributed by atoms with Gasteiger partial charge in [0, 0.05) is 15.8 Å². The molecule has 1 aromatic heterocycles. The molecular weight excluding hydrogens is 202 g/mol. The zero-order valence-electron chi connectivity index (χ0n) is 10.1. The van der Waals surface area contributed by atoms with E-state index in [1.54, 1.807) is 5.56 Å². The zero-order chi connectivity index (χ0) is 11.0. The molecule has 2 heteroatoms. The van der Waals surface area contributed by atoms with Gasteiger partial charge in [0.1, 0.15) is 0 Å². The summed E-state index contributed by atoms with van der Waals surface area (Å²) in [5, 5.41) is 3.54. The van der Waals surface area contributed by atoms with Crippen molar-refractivity contribution in [2.45, 2.75) is 46.1 Å². The van der Waals surface area contributed by atoms with Gasteiger partial charge < -0.3 is 5.32 Å². The van der Waals surface area contributed by atoms with Gasteiger partial charge in [0.15, 0.2) is 0 Å². The quantitative estimate of drug-likeness (QED) is 0.824. The van der Waals surface area contributed by atoms with Crippen LogP contribution in [0.3, 0.4) is 0 Å². The topological polar surface area (TPSA) is 12.0 Å². The molecule has 0 saturated heterocycles. The van der Waals surface area contributed by atoms with Crippen LogP contribution < -0.4 is 5.32 Å². The molecule has 1 fully saturated rings. The molecule has 1 aliphatic carbocycles. The highest BCUT2D eigenvalue weighted by Gasteiger charge is 2.39. The second-order valence-corrected chi connectivity index (χ2v) is 6.49. The van der Waals surface area contributed by atoms with Crippen LogP contribution in [0.1, 0.15) is 41.5 Å². The summed E-state index contributed by atoms with van der Waals surface area (Å²) in [5.41, 5.74) is 1.62. The third-order valence-electron chi connectivity index (χ3n) is 3.19. The molecule has 2 unspecified atom stereocenters. The Labute approximate surface area is 96.9 Å². The van der Waals surface area contributed by atoms with Crippen molar-refractivity contribution >= 4 is 11.3 Å². The van der Waals surface area contributed by atoms with E-state index in [-0.39, 0.29) is 0 Å². The molecule has 0 bridgehead atoms. The smallest absolute Gasteiger partial charge is 0.00519 e. The molecule has 0 radical (unpaired) electrons. The van der Waals surface area contributed by atoms with E-state index in [1.165, 1.54) is 22.7 Å². The third kappa shape index (κ3) is 2.61. The van der Waals surface area contributed by atoms with Gasteiger partial charge in [-0.1, -0.05) is 13.8 Å². The number of hydrogen-bond donors (Lipinski definition) is 1. The van der Waals surface area contributed by atoms with Crippen LogP contribution in [0.25, 0.3) is 0 Å². The average Bonchev–Trinajstić information content (AvgIpc) is 2.83. The number of hydrogen-bond acceptors (Lipinski definition) is 2. The van der Waals surface area contributed by atoms with Crippen LogP contribution in [-0.4, -0.2) is 12.6 Å². The lowest BCUT2D eigenvalue weighted by molar-refractivity contribution is 0.554. The van der Waals surface area contributed by atoms with E-state index in [0.29, 0.717) is 6.04 Å². The highest BCUT2D eigenvalue weighted by atomic mass is 32.1. The fraction of sp³-hybridized carbons (Fsp3) is 0.692. The molecule has 0 aliphatic heterocycles. The maximum atomic E-state index is 3.54. The fourth-order valence-corrected chi connectivity index (χ4v) is 3.26. The molecule has 1 heterocycles. The van der Waals surface area contributed by atoms with Gasteiger partial charge in [-0.25, -0.2) is 0 Å². The lowest BCUT2D eigenvalue weighted by atomic mass is 10.1. The zero-order valence-corrected chi connectivity index (χ0v) is 10.9. The first kappa shape index (κ1) is 11.2. The van der Waals surface area contributed by atoms with Crippen molar-refractivity contribution in [3.8, 4) is 0 Å². The molecule has 0 amide bonds. The maximum absolute atomic E-state index is 3.54. The van der Waals surface area contributed by atoms with E-state index >= 15 is 0 Å². The van der Waals surface area contributed by atoms with Crippen LogP contribution in [0, 0.1) is 19.8 Å². The summed E-state index contributed by atoms with van der Waals surface area (Å²) in [6, 6.07) is 3.01. The first-order valence-electron chi connectivity index (χ1n) is 5.88. The van der Waals surface area contributed by atoms with Crippen molar-refractivity contribution in [3.63, 3.8) is 0 Å². The summed E-state index contributed by atoms with van der Waals surface area (Å²) < 4.78 is 0. The Kier molecular flexibility index (Phi) is 3.17. The summed E-state index contributed by atoms with van der Waals surface area (Å²) in [4.78, 5) is 2.99. The number of thiophene rings is 1. The largest absolute Gasteiger partial charge is 0.314 e. The Hall–Kier alpha value is -0.340. The summed E-state index contributed by atoms with van der Waals surface area (Å²) in [6.45, 7) is 10.1. The molecule has 1 aromatic rings. The average molecular weight is 223 g/mol. The first-order valence-corrected chi connectivity index (χ1v) is 6.70. The number of rotatable bonds is 4. The Balaban J connectivity index is 1.90. The highest BCUT2D eigenvalue weighted by molar-refractivity contribution is 7.12. The normalized spacial score (nSPS) is 24.9. The number of aryl methyl sites for hydroxylation is 2. The van der Waals surface area contributed by atoms with Crippen LogP contribution in [0.5, 0.6) is 0 Å². The predicted octanol–water partition coefficient (Wildman–Crippen LogP) is 3.47. The van der Waals surface area contributed by atoms with Gasteiger partial charge in [0.05, 0.1) is 0 Å². The van der Waals surface area contributed by atoms with Crippen LogP contribution in [-0.2, 0) is 0 Å². The molecule has 0 aromatic carbocycles. The van der Waals surface area contributed by atoms with Crippen LogP contribution in [0.2, 0.25) is 0 Å². The fourth-order valence-electron chi connectivity index (χ4n) is 2.26. The van der Waals surface area contributed by atoms with E-state index in [4.69, 9.17) is 0 Å². The minimum Gasteiger partial charge on any atom is -0.314 e. The molecular formula is C13H21NS. The third-order valence-corrected chi connectivity index (χ3v) is 4.17. The Morgan fingerprint density at radius 2 is 2.20 bits per heavy atom. The molecule has 1 N–H and O–H groups in total. The molecule has 84 valence electrons. The molecule has 1 nitrogen and oxygen atoms in total. The Morgan fingerprint density at radius 1 is 1.47 bits per heavy atom. The van der Waals surface area contributed by atoms with Crippen LogP contribution in [0.4, 0.5) is 0 Å². The summed E-state index contributed by atoms with van der Waals surface area (Å²) in [7, 11) is 0. The Bertz CT molecular complexity index is 340. The molecule has 2 rings (SSSR count). The molecule has 0 spiro atoms.